The molecular weight excluding hydrogens is 326 g/mol. The van der Waals surface area contributed by atoms with E-state index >= 15 is 0 Å². The Morgan fingerprint density at radius 1 is 0.792 bits per heavy atom. The molecule has 0 aliphatic heterocycles. The van der Waals surface area contributed by atoms with E-state index in [0.29, 0.717) is 5.69 Å². The van der Waals surface area contributed by atoms with Crippen LogP contribution in [0.25, 0.3) is 0 Å². The molecule has 2 aromatic rings. The molecule has 8 heteroatoms. The van der Waals surface area contributed by atoms with Crippen molar-refractivity contribution in [1.29, 1.82) is 0 Å². The molecule has 0 atom stereocenters. The van der Waals surface area contributed by atoms with Crippen LogP contribution in [0.4, 0.5) is 16.2 Å². The normalized spacial score (nSPS) is 9.50. The first-order valence-electron chi connectivity index (χ1n) is 7.14. The second-order valence-electron chi connectivity index (χ2n) is 4.67. The SMILES string of the molecule is O=C(CNC(=O)Nc1ccccc1)NNC(=S)Nc1ccccc1. The Bertz CT molecular complexity index is 635. The molecule has 3 amide bonds. The molecule has 0 aliphatic rings. The summed E-state index contributed by atoms with van der Waals surface area (Å²) in [6, 6.07) is 17.7. The third kappa shape index (κ3) is 6.32. The van der Waals surface area contributed by atoms with Crippen LogP contribution in [0, 0.1) is 0 Å². The first-order chi connectivity index (χ1) is 11.6. The van der Waals surface area contributed by atoms with Crippen molar-refractivity contribution in [2.45, 2.75) is 0 Å². The molecule has 0 fully saturated rings. The van der Waals surface area contributed by atoms with Crippen LogP contribution < -0.4 is 26.8 Å². The predicted molar refractivity (Wildman–Crippen MR) is 97.4 cm³/mol. The first kappa shape index (κ1) is 17.2. The van der Waals surface area contributed by atoms with Crippen LogP contribution in [-0.4, -0.2) is 23.6 Å². The van der Waals surface area contributed by atoms with E-state index in [1.165, 1.54) is 0 Å². The summed E-state index contributed by atoms with van der Waals surface area (Å²) >= 11 is 5.04. The number of para-hydroxylation sites is 2. The Morgan fingerprint density at radius 3 is 1.92 bits per heavy atom. The van der Waals surface area contributed by atoms with Gasteiger partial charge in [-0.1, -0.05) is 36.4 Å². The molecule has 0 unspecified atom stereocenters. The zero-order chi connectivity index (χ0) is 17.2. The van der Waals surface area contributed by atoms with Crippen molar-refractivity contribution in [1.82, 2.24) is 16.2 Å². The Morgan fingerprint density at radius 2 is 1.33 bits per heavy atom. The first-order valence-corrected chi connectivity index (χ1v) is 7.55. The van der Waals surface area contributed by atoms with E-state index in [1.54, 1.807) is 24.3 Å². The van der Waals surface area contributed by atoms with Crippen LogP contribution in [0.15, 0.2) is 60.7 Å². The molecule has 2 rings (SSSR count). The topological polar surface area (TPSA) is 94.3 Å². The van der Waals surface area contributed by atoms with Crippen LogP contribution in [0.5, 0.6) is 0 Å². The highest BCUT2D eigenvalue weighted by Crippen LogP contribution is 2.04. The largest absolute Gasteiger partial charge is 0.331 e. The lowest BCUT2D eigenvalue weighted by molar-refractivity contribution is -0.120. The van der Waals surface area contributed by atoms with Crippen molar-refractivity contribution < 1.29 is 9.59 Å². The summed E-state index contributed by atoms with van der Waals surface area (Å²) in [5.74, 6) is -0.435. The number of nitrogens with one attached hydrogen (secondary N) is 5. The molecule has 0 saturated carbocycles. The molecule has 0 aliphatic carbocycles. The van der Waals surface area contributed by atoms with E-state index in [-0.39, 0.29) is 11.7 Å². The summed E-state index contributed by atoms with van der Waals surface area (Å²) in [6.07, 6.45) is 0. The number of urea groups is 1. The average molecular weight is 343 g/mol. The van der Waals surface area contributed by atoms with E-state index in [0.717, 1.165) is 5.69 Å². The molecule has 0 radical (unpaired) electrons. The minimum atomic E-state index is -0.471. The summed E-state index contributed by atoms with van der Waals surface area (Å²) in [7, 11) is 0. The highest BCUT2D eigenvalue weighted by Gasteiger charge is 2.06. The number of hydrogen-bond acceptors (Lipinski definition) is 3. The molecule has 0 spiro atoms. The molecule has 24 heavy (non-hydrogen) atoms. The molecule has 0 saturated heterocycles. The smallest absolute Gasteiger partial charge is 0.319 e. The molecule has 5 N–H and O–H groups in total. The third-order valence-corrected chi connectivity index (χ3v) is 2.99. The quantitative estimate of drug-likeness (QED) is 0.431. The number of anilines is 2. The van der Waals surface area contributed by atoms with Gasteiger partial charge in [0.05, 0.1) is 0 Å². The molecule has 0 bridgehead atoms. The van der Waals surface area contributed by atoms with Crippen molar-refractivity contribution >= 4 is 40.6 Å². The van der Waals surface area contributed by atoms with E-state index in [4.69, 9.17) is 12.2 Å². The van der Waals surface area contributed by atoms with Crippen LogP contribution >= 0.6 is 12.2 Å². The summed E-state index contributed by atoms with van der Waals surface area (Å²) < 4.78 is 0. The minimum Gasteiger partial charge on any atom is -0.331 e. The molecular formula is C16H17N5O2S. The Hall–Kier alpha value is -3.13. The van der Waals surface area contributed by atoms with Gasteiger partial charge in [-0.25, -0.2) is 4.79 Å². The number of hydrazine groups is 1. The monoisotopic (exact) mass is 343 g/mol. The average Bonchev–Trinajstić information content (AvgIpc) is 2.60. The summed E-state index contributed by atoms with van der Waals surface area (Å²) in [6.45, 7) is -0.195. The van der Waals surface area contributed by atoms with Gasteiger partial charge in [0.1, 0.15) is 6.54 Å². The maximum absolute atomic E-state index is 11.7. The van der Waals surface area contributed by atoms with Gasteiger partial charge in [-0.3, -0.25) is 15.6 Å². The molecule has 124 valence electrons. The van der Waals surface area contributed by atoms with E-state index in [1.807, 2.05) is 36.4 Å². The predicted octanol–water partition coefficient (Wildman–Crippen LogP) is 1.83. The number of carbonyl (C=O) groups is 2. The van der Waals surface area contributed by atoms with E-state index < -0.39 is 11.9 Å². The highest BCUT2D eigenvalue weighted by molar-refractivity contribution is 7.80. The Labute approximate surface area is 144 Å². The zero-order valence-corrected chi connectivity index (χ0v) is 13.5. The van der Waals surface area contributed by atoms with Gasteiger partial charge < -0.3 is 16.0 Å². The van der Waals surface area contributed by atoms with Crippen molar-refractivity contribution in [3.63, 3.8) is 0 Å². The molecule has 0 heterocycles. The molecule has 2 aromatic carbocycles. The number of thiocarbonyl (C=S) groups is 1. The van der Waals surface area contributed by atoms with Gasteiger partial charge >= 0.3 is 6.03 Å². The molecule has 0 aromatic heterocycles. The van der Waals surface area contributed by atoms with E-state index in [9.17, 15) is 9.59 Å². The lowest BCUT2D eigenvalue weighted by atomic mass is 10.3. The van der Waals surface area contributed by atoms with Gasteiger partial charge in [-0.2, -0.15) is 0 Å². The van der Waals surface area contributed by atoms with Gasteiger partial charge in [-0.15, -0.1) is 0 Å². The van der Waals surface area contributed by atoms with Crippen molar-refractivity contribution in [2.75, 3.05) is 17.2 Å². The second-order valence-corrected chi connectivity index (χ2v) is 5.08. The summed E-state index contributed by atoms with van der Waals surface area (Å²) in [5.41, 5.74) is 6.38. The Kier molecular flexibility index (Phi) is 6.54. The maximum Gasteiger partial charge on any atom is 0.319 e. The lowest BCUT2D eigenvalue weighted by Gasteiger charge is -2.12. The number of carbonyl (C=O) groups excluding carboxylic acids is 2. The van der Waals surface area contributed by atoms with Crippen molar-refractivity contribution in [2.24, 2.45) is 0 Å². The highest BCUT2D eigenvalue weighted by atomic mass is 32.1. The maximum atomic E-state index is 11.7. The zero-order valence-electron chi connectivity index (χ0n) is 12.7. The fourth-order valence-corrected chi connectivity index (χ4v) is 1.88. The second kappa shape index (κ2) is 9.11. The van der Waals surface area contributed by atoms with Gasteiger partial charge in [0.2, 0.25) is 0 Å². The fourth-order valence-electron chi connectivity index (χ4n) is 1.71. The van der Waals surface area contributed by atoms with Gasteiger partial charge in [-0.05, 0) is 36.5 Å². The Balaban J connectivity index is 1.64. The van der Waals surface area contributed by atoms with Gasteiger partial charge in [0, 0.05) is 11.4 Å². The van der Waals surface area contributed by atoms with E-state index in [2.05, 4.69) is 26.8 Å². The minimum absolute atomic E-state index is 0.195. The number of rotatable bonds is 4. The summed E-state index contributed by atoms with van der Waals surface area (Å²) in [4.78, 5) is 23.3. The number of amides is 3. The number of hydrogen-bond donors (Lipinski definition) is 5. The van der Waals surface area contributed by atoms with Crippen molar-refractivity contribution in [3.8, 4) is 0 Å². The third-order valence-electron chi connectivity index (χ3n) is 2.79. The van der Waals surface area contributed by atoms with Crippen LogP contribution in [0.1, 0.15) is 0 Å². The lowest BCUT2D eigenvalue weighted by Crippen LogP contribution is -2.48. The van der Waals surface area contributed by atoms with Crippen LogP contribution in [0.2, 0.25) is 0 Å². The van der Waals surface area contributed by atoms with Crippen molar-refractivity contribution in [3.05, 3.63) is 60.7 Å². The van der Waals surface area contributed by atoms with Crippen LogP contribution in [0.3, 0.4) is 0 Å². The summed E-state index contributed by atoms with van der Waals surface area (Å²) in [5, 5.41) is 8.18. The van der Waals surface area contributed by atoms with Gasteiger partial charge in [0.15, 0.2) is 5.11 Å². The van der Waals surface area contributed by atoms with Gasteiger partial charge in [0.25, 0.3) is 5.91 Å². The fraction of sp³-hybridized carbons (Fsp3) is 0.0625. The standard InChI is InChI=1S/C16H17N5O2S/c22-14(11-17-15(23)18-12-7-3-1-4-8-12)20-21-16(24)19-13-9-5-2-6-10-13/h1-10H,11H2,(H,20,22)(H2,17,18,23)(H2,19,21,24). The van der Waals surface area contributed by atoms with Crippen LogP contribution in [-0.2, 0) is 4.79 Å². The number of benzene rings is 2. The molecule has 7 nitrogen and oxygen atoms in total.